The number of carbonyl (C=O) groups is 1. The Morgan fingerprint density at radius 1 is 1.06 bits per heavy atom. The Morgan fingerprint density at radius 2 is 1.90 bits per heavy atom. The second-order valence-electron chi connectivity index (χ2n) is 7.35. The minimum absolute atomic E-state index is 0.0157. The summed E-state index contributed by atoms with van der Waals surface area (Å²) in [4.78, 5) is 20.9. The SMILES string of the molecule is O=C(Nc1cc2ccncc2s1)[C@@H]1CC1c1ccc(S(=O)(=O)Nc2ccccn2)cc1. The van der Waals surface area contributed by atoms with Crippen molar-refractivity contribution < 1.29 is 13.2 Å². The predicted octanol–water partition coefficient (Wildman–Crippen LogP) is 4.23. The number of sulfonamides is 1. The zero-order chi connectivity index (χ0) is 21.4. The van der Waals surface area contributed by atoms with Crippen LogP contribution in [-0.2, 0) is 14.8 Å². The molecule has 7 nitrogen and oxygen atoms in total. The number of hydrogen-bond acceptors (Lipinski definition) is 6. The Balaban J connectivity index is 1.24. The molecule has 2 atom stereocenters. The van der Waals surface area contributed by atoms with Gasteiger partial charge in [0, 0.05) is 24.5 Å². The van der Waals surface area contributed by atoms with Gasteiger partial charge in [-0.05, 0) is 59.7 Å². The highest BCUT2D eigenvalue weighted by Crippen LogP contribution is 2.48. The molecule has 31 heavy (non-hydrogen) atoms. The van der Waals surface area contributed by atoms with Crippen molar-refractivity contribution in [2.45, 2.75) is 17.2 Å². The summed E-state index contributed by atoms with van der Waals surface area (Å²) in [5, 5.41) is 4.86. The van der Waals surface area contributed by atoms with Crippen molar-refractivity contribution in [3.8, 4) is 0 Å². The second kappa shape index (κ2) is 7.75. The van der Waals surface area contributed by atoms with Crippen LogP contribution in [0.1, 0.15) is 17.9 Å². The number of anilines is 2. The molecule has 1 aliphatic rings. The largest absolute Gasteiger partial charge is 0.317 e. The van der Waals surface area contributed by atoms with Gasteiger partial charge in [0.1, 0.15) is 5.82 Å². The number of carbonyl (C=O) groups excluding carboxylic acids is 1. The number of rotatable bonds is 6. The van der Waals surface area contributed by atoms with E-state index in [0.29, 0.717) is 0 Å². The second-order valence-corrected chi connectivity index (χ2v) is 10.1. The number of aromatic nitrogens is 2. The number of amides is 1. The Bertz CT molecular complexity index is 1320. The van der Waals surface area contributed by atoms with Gasteiger partial charge in [0.15, 0.2) is 0 Å². The first kappa shape index (κ1) is 19.7. The Kier molecular flexibility index (Phi) is 4.91. The minimum Gasteiger partial charge on any atom is -0.317 e. The van der Waals surface area contributed by atoms with Crippen molar-refractivity contribution in [3.05, 3.63) is 78.8 Å². The van der Waals surface area contributed by atoms with Gasteiger partial charge in [-0.25, -0.2) is 13.4 Å². The zero-order valence-electron chi connectivity index (χ0n) is 16.2. The fourth-order valence-electron chi connectivity index (χ4n) is 3.53. The van der Waals surface area contributed by atoms with Gasteiger partial charge in [-0.1, -0.05) is 18.2 Å². The maximum atomic E-state index is 12.6. The maximum absolute atomic E-state index is 12.6. The van der Waals surface area contributed by atoms with Crippen LogP contribution in [0.25, 0.3) is 10.1 Å². The first-order chi connectivity index (χ1) is 15.0. The van der Waals surface area contributed by atoms with Gasteiger partial charge in [-0.3, -0.25) is 14.5 Å². The monoisotopic (exact) mass is 450 g/mol. The van der Waals surface area contributed by atoms with Gasteiger partial charge in [-0.2, -0.15) is 0 Å². The van der Waals surface area contributed by atoms with Gasteiger partial charge in [-0.15, -0.1) is 11.3 Å². The maximum Gasteiger partial charge on any atom is 0.263 e. The molecule has 1 aliphatic carbocycles. The lowest BCUT2D eigenvalue weighted by atomic mass is 10.1. The molecule has 3 heterocycles. The molecular formula is C22H18N4O3S2. The lowest BCUT2D eigenvalue weighted by Gasteiger charge is -2.08. The summed E-state index contributed by atoms with van der Waals surface area (Å²) in [7, 11) is -3.71. The van der Waals surface area contributed by atoms with E-state index >= 15 is 0 Å². The molecule has 1 fully saturated rings. The van der Waals surface area contributed by atoms with E-state index < -0.39 is 10.0 Å². The molecule has 0 radical (unpaired) electrons. The van der Waals surface area contributed by atoms with E-state index in [4.69, 9.17) is 0 Å². The number of pyridine rings is 2. The van der Waals surface area contributed by atoms with Crippen LogP contribution in [-0.4, -0.2) is 24.3 Å². The van der Waals surface area contributed by atoms with Crippen LogP contribution in [0, 0.1) is 5.92 Å². The van der Waals surface area contributed by atoms with E-state index in [2.05, 4.69) is 20.0 Å². The fourth-order valence-corrected chi connectivity index (χ4v) is 5.47. The number of hydrogen-bond donors (Lipinski definition) is 2. The van der Waals surface area contributed by atoms with E-state index in [-0.39, 0.29) is 28.5 Å². The molecule has 5 rings (SSSR count). The van der Waals surface area contributed by atoms with Crippen molar-refractivity contribution in [2.75, 3.05) is 10.0 Å². The molecule has 0 spiro atoms. The van der Waals surface area contributed by atoms with E-state index in [1.54, 1.807) is 54.9 Å². The Labute approximate surface area is 183 Å². The van der Waals surface area contributed by atoms with Crippen LogP contribution < -0.4 is 10.0 Å². The van der Waals surface area contributed by atoms with Crippen molar-refractivity contribution in [1.82, 2.24) is 9.97 Å². The highest BCUT2D eigenvalue weighted by Gasteiger charge is 2.44. The van der Waals surface area contributed by atoms with Crippen molar-refractivity contribution in [2.24, 2.45) is 5.92 Å². The molecule has 1 amide bonds. The van der Waals surface area contributed by atoms with Gasteiger partial charge >= 0.3 is 0 Å². The van der Waals surface area contributed by atoms with E-state index in [1.807, 2.05) is 12.1 Å². The molecule has 1 aromatic carbocycles. The Morgan fingerprint density at radius 3 is 2.65 bits per heavy atom. The van der Waals surface area contributed by atoms with Gasteiger partial charge in [0.05, 0.1) is 14.6 Å². The third-order valence-corrected chi connectivity index (χ3v) is 7.59. The normalized spacial score (nSPS) is 17.9. The third kappa shape index (κ3) is 4.14. The highest BCUT2D eigenvalue weighted by molar-refractivity contribution is 7.92. The first-order valence-corrected chi connectivity index (χ1v) is 12.0. The third-order valence-electron chi connectivity index (χ3n) is 5.22. The molecule has 1 unspecified atom stereocenters. The minimum atomic E-state index is -3.71. The van der Waals surface area contributed by atoms with Crippen LogP contribution in [0.2, 0.25) is 0 Å². The number of benzene rings is 1. The molecule has 0 bridgehead atoms. The fraction of sp³-hybridized carbons (Fsp3) is 0.136. The standard InChI is InChI=1S/C22H18N4O3S2/c27-22(25-21-11-15-8-10-23-13-19(15)30-21)18-12-17(18)14-4-6-16(7-5-14)31(28,29)26-20-3-1-2-9-24-20/h1-11,13,17-18H,12H2,(H,24,26)(H,25,27)/t17?,18-/m1/s1. The molecule has 0 aliphatic heterocycles. The first-order valence-electron chi connectivity index (χ1n) is 9.68. The predicted molar refractivity (Wildman–Crippen MR) is 121 cm³/mol. The number of nitrogens with one attached hydrogen (secondary N) is 2. The van der Waals surface area contributed by atoms with Crippen molar-refractivity contribution >= 4 is 48.2 Å². The zero-order valence-corrected chi connectivity index (χ0v) is 17.9. The van der Waals surface area contributed by atoms with E-state index in [9.17, 15) is 13.2 Å². The summed E-state index contributed by atoms with van der Waals surface area (Å²) in [5.41, 5.74) is 0.956. The topological polar surface area (TPSA) is 101 Å². The van der Waals surface area contributed by atoms with Crippen LogP contribution in [0.15, 0.2) is 78.1 Å². The Hall–Kier alpha value is -3.30. The number of fused-ring (bicyclic) bond motifs is 1. The van der Waals surface area contributed by atoms with Gasteiger partial charge < -0.3 is 5.32 Å². The van der Waals surface area contributed by atoms with Crippen LogP contribution >= 0.6 is 11.3 Å². The molecular weight excluding hydrogens is 432 g/mol. The quantitative estimate of drug-likeness (QED) is 0.458. The van der Waals surface area contributed by atoms with Gasteiger partial charge in [0.25, 0.3) is 10.0 Å². The highest BCUT2D eigenvalue weighted by atomic mass is 32.2. The lowest BCUT2D eigenvalue weighted by molar-refractivity contribution is -0.117. The van der Waals surface area contributed by atoms with E-state index in [1.165, 1.54) is 17.5 Å². The molecule has 2 N–H and O–H groups in total. The number of nitrogens with zero attached hydrogens (tertiary/aromatic N) is 2. The van der Waals surface area contributed by atoms with Gasteiger partial charge in [0.2, 0.25) is 5.91 Å². The summed E-state index contributed by atoms with van der Waals surface area (Å²) in [6.07, 6.45) is 5.78. The average molecular weight is 451 g/mol. The summed E-state index contributed by atoms with van der Waals surface area (Å²) in [6, 6.07) is 15.6. The summed E-state index contributed by atoms with van der Waals surface area (Å²) < 4.78 is 28.5. The van der Waals surface area contributed by atoms with E-state index in [0.717, 1.165) is 27.1 Å². The van der Waals surface area contributed by atoms with Crippen LogP contribution in [0.5, 0.6) is 0 Å². The molecule has 156 valence electrons. The molecule has 9 heteroatoms. The lowest BCUT2D eigenvalue weighted by Crippen LogP contribution is -2.14. The summed E-state index contributed by atoms with van der Waals surface area (Å²) in [6.45, 7) is 0. The van der Waals surface area contributed by atoms with Crippen molar-refractivity contribution in [3.63, 3.8) is 0 Å². The average Bonchev–Trinajstić information content (AvgIpc) is 3.47. The molecule has 3 aromatic heterocycles. The number of thiophene rings is 1. The summed E-state index contributed by atoms with van der Waals surface area (Å²) >= 11 is 1.50. The smallest absolute Gasteiger partial charge is 0.263 e. The van der Waals surface area contributed by atoms with Crippen LogP contribution in [0.4, 0.5) is 10.8 Å². The molecule has 1 saturated carbocycles. The summed E-state index contributed by atoms with van der Waals surface area (Å²) in [5.74, 6) is 0.231. The molecule has 4 aromatic rings. The van der Waals surface area contributed by atoms with Crippen molar-refractivity contribution in [1.29, 1.82) is 0 Å². The molecule has 0 saturated heterocycles. The van der Waals surface area contributed by atoms with Crippen LogP contribution in [0.3, 0.4) is 0 Å².